The van der Waals surface area contributed by atoms with Crippen LogP contribution in [0.2, 0.25) is 0 Å². The molecule has 4 nitrogen and oxygen atoms in total. The van der Waals surface area contributed by atoms with Crippen LogP contribution >= 0.6 is 0 Å². The Labute approximate surface area is 114 Å². The van der Waals surface area contributed by atoms with Crippen LogP contribution in [-0.4, -0.2) is 24.1 Å². The largest absolute Gasteiger partial charge is 0.388 e. The van der Waals surface area contributed by atoms with E-state index in [0.29, 0.717) is 13.0 Å². The van der Waals surface area contributed by atoms with Gasteiger partial charge in [0.05, 0.1) is 12.0 Å². The number of anilines is 1. The lowest BCUT2D eigenvalue weighted by molar-refractivity contribution is -0.122. The van der Waals surface area contributed by atoms with E-state index in [-0.39, 0.29) is 11.8 Å². The highest BCUT2D eigenvalue weighted by molar-refractivity contribution is 5.77. The van der Waals surface area contributed by atoms with E-state index in [9.17, 15) is 9.90 Å². The molecular formula is C15H22N2O2. The molecule has 0 aliphatic carbocycles. The predicted molar refractivity (Wildman–Crippen MR) is 75.8 cm³/mol. The minimum absolute atomic E-state index is 0.0828. The molecule has 0 aromatic heterocycles. The number of nitrogens with zero attached hydrogens (tertiary/aromatic N) is 1. The number of piperidine rings is 1. The highest BCUT2D eigenvalue weighted by Gasteiger charge is 2.26. The smallest absolute Gasteiger partial charge is 0.222 e. The highest BCUT2D eigenvalue weighted by atomic mass is 16.3. The van der Waals surface area contributed by atoms with E-state index in [0.717, 1.165) is 30.6 Å². The minimum Gasteiger partial charge on any atom is -0.388 e. The first-order chi connectivity index (χ1) is 9.13. The maximum Gasteiger partial charge on any atom is 0.222 e. The molecule has 1 amide bonds. The number of primary amides is 1. The topological polar surface area (TPSA) is 66.6 Å². The van der Waals surface area contributed by atoms with Crippen molar-refractivity contribution in [3.63, 3.8) is 0 Å². The van der Waals surface area contributed by atoms with Gasteiger partial charge in [-0.05, 0) is 25.3 Å². The molecule has 1 aromatic rings. The van der Waals surface area contributed by atoms with Crippen LogP contribution in [0.5, 0.6) is 0 Å². The van der Waals surface area contributed by atoms with Crippen LogP contribution in [0.3, 0.4) is 0 Å². The van der Waals surface area contributed by atoms with E-state index in [1.54, 1.807) is 0 Å². The number of rotatable bonds is 4. The number of hydrogen-bond donors (Lipinski definition) is 2. The number of benzene rings is 1. The lowest BCUT2D eigenvalue weighted by Crippen LogP contribution is -2.41. The van der Waals surface area contributed by atoms with Gasteiger partial charge in [-0.25, -0.2) is 0 Å². The summed E-state index contributed by atoms with van der Waals surface area (Å²) >= 11 is 0. The fourth-order valence-electron chi connectivity index (χ4n) is 2.71. The van der Waals surface area contributed by atoms with E-state index in [2.05, 4.69) is 4.90 Å². The first-order valence-corrected chi connectivity index (χ1v) is 6.94. The van der Waals surface area contributed by atoms with Gasteiger partial charge in [-0.15, -0.1) is 0 Å². The van der Waals surface area contributed by atoms with E-state index < -0.39 is 6.10 Å². The average Bonchev–Trinajstić information content (AvgIpc) is 2.46. The second-order valence-electron chi connectivity index (χ2n) is 5.17. The van der Waals surface area contributed by atoms with Crippen molar-refractivity contribution < 1.29 is 9.90 Å². The van der Waals surface area contributed by atoms with Crippen LogP contribution in [0, 0.1) is 5.92 Å². The normalized spacial score (nSPS) is 21.2. The second kappa shape index (κ2) is 6.06. The number of hydrogen-bond acceptors (Lipinski definition) is 3. The molecule has 19 heavy (non-hydrogen) atoms. The third kappa shape index (κ3) is 3.07. The standard InChI is InChI=1S/C15H22N2O2/c1-2-14(18)12-7-3-4-8-13(12)17-9-5-6-11(10-17)15(16)19/h3-4,7-8,11,14,18H,2,5-6,9-10H2,1H3,(H2,16,19)/t11?,14-/m0/s1. The Balaban J connectivity index is 2.23. The van der Waals surface area contributed by atoms with Crippen LogP contribution in [0.25, 0.3) is 0 Å². The molecule has 0 saturated carbocycles. The number of nitrogens with two attached hydrogens (primary N) is 1. The van der Waals surface area contributed by atoms with Gasteiger partial charge in [0, 0.05) is 24.3 Å². The summed E-state index contributed by atoms with van der Waals surface area (Å²) in [6, 6.07) is 7.87. The Kier molecular flexibility index (Phi) is 4.43. The van der Waals surface area contributed by atoms with Gasteiger partial charge in [0.1, 0.15) is 0 Å². The molecule has 0 bridgehead atoms. The lowest BCUT2D eigenvalue weighted by Gasteiger charge is -2.34. The van der Waals surface area contributed by atoms with E-state index in [4.69, 9.17) is 5.73 Å². The molecule has 1 heterocycles. The number of aliphatic hydroxyl groups excluding tert-OH is 1. The summed E-state index contributed by atoms with van der Waals surface area (Å²) in [5.41, 5.74) is 7.39. The summed E-state index contributed by atoms with van der Waals surface area (Å²) < 4.78 is 0. The summed E-state index contributed by atoms with van der Waals surface area (Å²) in [4.78, 5) is 13.5. The summed E-state index contributed by atoms with van der Waals surface area (Å²) in [6.45, 7) is 3.53. The van der Waals surface area contributed by atoms with Crippen LogP contribution in [0.15, 0.2) is 24.3 Å². The predicted octanol–water partition coefficient (Wildman–Crippen LogP) is 1.83. The molecule has 2 atom stereocenters. The van der Waals surface area contributed by atoms with Gasteiger partial charge in [0.15, 0.2) is 0 Å². The van der Waals surface area contributed by atoms with Crippen molar-refractivity contribution in [2.75, 3.05) is 18.0 Å². The summed E-state index contributed by atoms with van der Waals surface area (Å²) in [5, 5.41) is 10.1. The van der Waals surface area contributed by atoms with Gasteiger partial charge in [-0.1, -0.05) is 25.1 Å². The summed E-state index contributed by atoms with van der Waals surface area (Å²) in [7, 11) is 0. The van der Waals surface area contributed by atoms with E-state index in [1.807, 2.05) is 31.2 Å². The van der Waals surface area contributed by atoms with Gasteiger partial charge in [-0.2, -0.15) is 0 Å². The monoisotopic (exact) mass is 262 g/mol. The lowest BCUT2D eigenvalue weighted by atomic mass is 9.95. The van der Waals surface area contributed by atoms with Crippen molar-refractivity contribution in [3.05, 3.63) is 29.8 Å². The van der Waals surface area contributed by atoms with Crippen LogP contribution < -0.4 is 10.6 Å². The molecule has 1 unspecified atom stereocenters. The Bertz CT molecular complexity index is 448. The van der Waals surface area contributed by atoms with Crippen molar-refractivity contribution in [1.29, 1.82) is 0 Å². The quantitative estimate of drug-likeness (QED) is 0.870. The Morgan fingerprint density at radius 2 is 2.26 bits per heavy atom. The summed E-state index contributed by atoms with van der Waals surface area (Å²) in [6.07, 6.45) is 2.06. The number of amides is 1. The summed E-state index contributed by atoms with van der Waals surface area (Å²) in [5.74, 6) is -0.307. The molecule has 1 fully saturated rings. The van der Waals surface area contributed by atoms with Gasteiger partial charge in [-0.3, -0.25) is 4.79 Å². The molecule has 3 N–H and O–H groups in total. The Morgan fingerprint density at radius 3 is 2.95 bits per heavy atom. The van der Waals surface area contributed by atoms with E-state index >= 15 is 0 Å². The second-order valence-corrected chi connectivity index (χ2v) is 5.17. The van der Waals surface area contributed by atoms with Crippen LogP contribution in [-0.2, 0) is 4.79 Å². The van der Waals surface area contributed by atoms with Crippen molar-refractivity contribution in [3.8, 4) is 0 Å². The van der Waals surface area contributed by atoms with Crippen molar-refractivity contribution in [2.24, 2.45) is 11.7 Å². The molecule has 0 radical (unpaired) electrons. The fraction of sp³-hybridized carbons (Fsp3) is 0.533. The number of carbonyl (C=O) groups is 1. The SMILES string of the molecule is CC[C@H](O)c1ccccc1N1CCCC(C(N)=O)C1. The molecule has 1 saturated heterocycles. The first kappa shape index (κ1) is 13.9. The van der Waals surface area contributed by atoms with E-state index in [1.165, 1.54) is 0 Å². The minimum atomic E-state index is -0.454. The third-order valence-corrected chi connectivity index (χ3v) is 3.85. The third-order valence-electron chi connectivity index (χ3n) is 3.85. The zero-order valence-electron chi connectivity index (χ0n) is 11.4. The van der Waals surface area contributed by atoms with Crippen molar-refractivity contribution in [1.82, 2.24) is 0 Å². The maximum atomic E-state index is 11.4. The Morgan fingerprint density at radius 1 is 1.53 bits per heavy atom. The van der Waals surface area contributed by atoms with Crippen molar-refractivity contribution >= 4 is 11.6 Å². The van der Waals surface area contributed by atoms with Gasteiger partial charge in [0.25, 0.3) is 0 Å². The fourth-order valence-corrected chi connectivity index (χ4v) is 2.71. The van der Waals surface area contributed by atoms with Gasteiger partial charge in [0.2, 0.25) is 5.91 Å². The number of para-hydroxylation sites is 1. The molecule has 0 spiro atoms. The first-order valence-electron chi connectivity index (χ1n) is 6.94. The highest BCUT2D eigenvalue weighted by Crippen LogP contribution is 2.31. The molecule has 1 aliphatic heterocycles. The van der Waals surface area contributed by atoms with Gasteiger partial charge < -0.3 is 15.7 Å². The molecule has 2 rings (SSSR count). The molecule has 104 valence electrons. The maximum absolute atomic E-state index is 11.4. The molecular weight excluding hydrogens is 240 g/mol. The van der Waals surface area contributed by atoms with Gasteiger partial charge >= 0.3 is 0 Å². The zero-order valence-corrected chi connectivity index (χ0v) is 11.4. The zero-order chi connectivity index (χ0) is 13.8. The van der Waals surface area contributed by atoms with Crippen LogP contribution in [0.4, 0.5) is 5.69 Å². The number of aliphatic hydroxyl groups is 1. The molecule has 4 heteroatoms. The molecule has 1 aromatic carbocycles. The van der Waals surface area contributed by atoms with Crippen molar-refractivity contribution in [2.45, 2.75) is 32.3 Å². The molecule has 1 aliphatic rings. The Hall–Kier alpha value is -1.55. The number of carbonyl (C=O) groups excluding carboxylic acids is 1. The van der Waals surface area contributed by atoms with Crippen LogP contribution in [0.1, 0.15) is 37.9 Å². The average molecular weight is 262 g/mol.